The Bertz CT molecular complexity index is 1680. The summed E-state index contributed by atoms with van der Waals surface area (Å²) in [4.78, 5) is 41.5. The molecule has 0 fully saturated rings. The number of nitro groups is 1. The van der Waals surface area contributed by atoms with Crippen LogP contribution in [0.4, 0.5) is 15.8 Å². The standard InChI is InChI=1S/C27H23BrFN5O5/c1-27(2,3)26-32-21-11-10-17(28)12-20(21)25(36)33(26)30-14-16-6-4-9-22(34(37)38)24(16)39-15-23(35)31-19-8-5-7-18(29)13-19/h4-14H,15H2,1-3H3,(H,31,35). The lowest BCUT2D eigenvalue weighted by atomic mass is 9.95. The Kier molecular flexibility index (Phi) is 7.86. The molecule has 3 aromatic carbocycles. The summed E-state index contributed by atoms with van der Waals surface area (Å²) in [6.45, 7) is 5.04. The molecule has 39 heavy (non-hydrogen) atoms. The molecule has 0 bridgehead atoms. The molecular formula is C27H23BrFN5O5. The molecule has 0 aliphatic carbocycles. The van der Waals surface area contributed by atoms with Crippen LogP contribution in [0.5, 0.6) is 5.75 Å². The summed E-state index contributed by atoms with van der Waals surface area (Å²) in [6.07, 6.45) is 1.24. The van der Waals surface area contributed by atoms with E-state index < -0.39 is 39.9 Å². The average Bonchev–Trinajstić information content (AvgIpc) is 2.86. The highest BCUT2D eigenvalue weighted by Gasteiger charge is 2.24. The molecule has 0 aliphatic heterocycles. The van der Waals surface area contributed by atoms with E-state index in [9.17, 15) is 24.1 Å². The Morgan fingerprint density at radius 3 is 2.64 bits per heavy atom. The van der Waals surface area contributed by atoms with Gasteiger partial charge in [-0.3, -0.25) is 19.7 Å². The van der Waals surface area contributed by atoms with Crippen LogP contribution in [0.2, 0.25) is 0 Å². The van der Waals surface area contributed by atoms with Gasteiger partial charge in [-0.25, -0.2) is 9.37 Å². The summed E-state index contributed by atoms with van der Waals surface area (Å²) in [5, 5.41) is 18.9. The maximum atomic E-state index is 13.4. The van der Waals surface area contributed by atoms with E-state index in [1.807, 2.05) is 20.8 Å². The molecule has 0 radical (unpaired) electrons. The van der Waals surface area contributed by atoms with E-state index in [1.165, 1.54) is 42.6 Å². The van der Waals surface area contributed by atoms with E-state index in [-0.39, 0.29) is 17.0 Å². The van der Waals surface area contributed by atoms with E-state index >= 15 is 0 Å². The monoisotopic (exact) mass is 595 g/mol. The number of halogens is 2. The number of anilines is 1. The van der Waals surface area contributed by atoms with Crippen LogP contribution in [-0.4, -0.2) is 33.3 Å². The molecule has 0 saturated carbocycles. The Hall–Kier alpha value is -4.45. The Morgan fingerprint density at radius 1 is 1.21 bits per heavy atom. The number of nitrogens with one attached hydrogen (secondary N) is 1. The van der Waals surface area contributed by atoms with Crippen molar-refractivity contribution in [1.82, 2.24) is 9.66 Å². The lowest BCUT2D eigenvalue weighted by Crippen LogP contribution is -2.29. The first kappa shape index (κ1) is 27.6. The van der Waals surface area contributed by atoms with E-state index in [2.05, 4.69) is 31.3 Å². The molecule has 1 aromatic heterocycles. The van der Waals surface area contributed by atoms with Gasteiger partial charge in [-0.05, 0) is 42.5 Å². The summed E-state index contributed by atoms with van der Waals surface area (Å²) in [5.41, 5.74) is -0.537. The third kappa shape index (κ3) is 6.34. The topological polar surface area (TPSA) is 129 Å². The minimum atomic E-state index is -0.655. The summed E-state index contributed by atoms with van der Waals surface area (Å²) >= 11 is 3.36. The lowest BCUT2D eigenvalue weighted by Gasteiger charge is -2.21. The van der Waals surface area contributed by atoms with E-state index in [0.717, 1.165) is 10.7 Å². The maximum Gasteiger partial charge on any atom is 0.311 e. The Labute approximate surface area is 230 Å². The van der Waals surface area contributed by atoms with Crippen LogP contribution in [0.3, 0.4) is 0 Å². The average molecular weight is 596 g/mol. The first-order valence-corrected chi connectivity index (χ1v) is 12.5. The van der Waals surface area contributed by atoms with Crippen molar-refractivity contribution in [3.8, 4) is 5.75 Å². The first-order valence-electron chi connectivity index (χ1n) is 11.7. The molecule has 4 rings (SSSR count). The van der Waals surface area contributed by atoms with Gasteiger partial charge in [0, 0.05) is 27.2 Å². The molecule has 0 saturated heterocycles. The molecule has 1 heterocycles. The van der Waals surface area contributed by atoms with Crippen LogP contribution in [0.15, 0.2) is 75.0 Å². The zero-order valence-corrected chi connectivity index (χ0v) is 22.7. The second kappa shape index (κ2) is 11.1. The van der Waals surface area contributed by atoms with Crippen molar-refractivity contribution in [3.63, 3.8) is 0 Å². The van der Waals surface area contributed by atoms with E-state index in [1.54, 1.807) is 18.2 Å². The van der Waals surface area contributed by atoms with Crippen molar-refractivity contribution >= 4 is 50.3 Å². The smallest absolute Gasteiger partial charge is 0.311 e. The minimum absolute atomic E-state index is 0.156. The number of nitro benzene ring substituents is 1. The summed E-state index contributed by atoms with van der Waals surface area (Å²) in [7, 11) is 0. The first-order chi connectivity index (χ1) is 18.4. The molecule has 0 atom stereocenters. The predicted octanol–water partition coefficient (Wildman–Crippen LogP) is 5.40. The number of ether oxygens (including phenoxy) is 1. The summed E-state index contributed by atoms with van der Waals surface area (Å²) in [6, 6.07) is 14.6. The normalized spacial score (nSPS) is 11.6. The third-order valence-electron chi connectivity index (χ3n) is 5.47. The van der Waals surface area contributed by atoms with Crippen LogP contribution in [0.25, 0.3) is 10.9 Å². The molecular weight excluding hydrogens is 573 g/mol. The van der Waals surface area contributed by atoms with Crippen molar-refractivity contribution in [1.29, 1.82) is 0 Å². The summed E-state index contributed by atoms with van der Waals surface area (Å²) < 4.78 is 20.8. The van der Waals surface area contributed by atoms with Crippen LogP contribution in [-0.2, 0) is 10.2 Å². The highest BCUT2D eigenvalue weighted by Crippen LogP contribution is 2.30. The number of carbonyl (C=O) groups is 1. The number of aromatic nitrogens is 2. The van der Waals surface area contributed by atoms with Gasteiger partial charge in [0.15, 0.2) is 6.61 Å². The van der Waals surface area contributed by atoms with Crippen LogP contribution >= 0.6 is 15.9 Å². The number of carbonyl (C=O) groups excluding carboxylic acids is 1. The Morgan fingerprint density at radius 2 is 1.95 bits per heavy atom. The number of para-hydroxylation sites is 1. The zero-order valence-electron chi connectivity index (χ0n) is 21.1. The van der Waals surface area contributed by atoms with Gasteiger partial charge < -0.3 is 10.1 Å². The maximum absolute atomic E-state index is 13.4. The second-order valence-electron chi connectivity index (χ2n) is 9.51. The fraction of sp³-hybridized carbons (Fsp3) is 0.185. The molecule has 1 N–H and O–H groups in total. The SMILES string of the molecule is CC(C)(C)c1nc2ccc(Br)cc2c(=O)n1N=Cc1cccc([N+](=O)[O-])c1OCC(=O)Nc1cccc(F)c1. The molecule has 0 unspecified atom stereocenters. The largest absolute Gasteiger partial charge is 0.476 e. The van der Waals surface area contributed by atoms with Gasteiger partial charge in [0.1, 0.15) is 11.6 Å². The number of amides is 1. The number of hydrogen-bond acceptors (Lipinski definition) is 7. The Balaban J connectivity index is 1.72. The summed E-state index contributed by atoms with van der Waals surface area (Å²) in [5.74, 6) is -1.04. The van der Waals surface area contributed by atoms with Gasteiger partial charge in [0.2, 0.25) is 5.75 Å². The van der Waals surface area contributed by atoms with Gasteiger partial charge in [-0.1, -0.05) is 48.8 Å². The van der Waals surface area contributed by atoms with Crippen molar-refractivity contribution < 1.29 is 18.8 Å². The quantitative estimate of drug-likeness (QED) is 0.173. The van der Waals surface area contributed by atoms with Crippen molar-refractivity contribution in [2.24, 2.45) is 5.10 Å². The zero-order chi connectivity index (χ0) is 28.3. The molecule has 4 aromatic rings. The number of nitrogens with zero attached hydrogens (tertiary/aromatic N) is 4. The van der Waals surface area contributed by atoms with Gasteiger partial charge in [0.05, 0.1) is 22.0 Å². The highest BCUT2D eigenvalue weighted by atomic mass is 79.9. The molecule has 1 amide bonds. The van der Waals surface area contributed by atoms with Crippen LogP contribution in [0.1, 0.15) is 32.2 Å². The number of benzene rings is 3. The number of hydrogen-bond donors (Lipinski definition) is 1. The molecule has 10 nitrogen and oxygen atoms in total. The number of fused-ring (bicyclic) bond motifs is 1. The molecule has 0 spiro atoms. The molecule has 200 valence electrons. The lowest BCUT2D eigenvalue weighted by molar-refractivity contribution is -0.385. The molecule has 12 heteroatoms. The van der Waals surface area contributed by atoms with E-state index in [0.29, 0.717) is 21.2 Å². The predicted molar refractivity (Wildman–Crippen MR) is 149 cm³/mol. The third-order valence-corrected chi connectivity index (χ3v) is 5.96. The van der Waals surface area contributed by atoms with Crippen LogP contribution in [0, 0.1) is 15.9 Å². The van der Waals surface area contributed by atoms with Gasteiger partial charge >= 0.3 is 5.69 Å². The van der Waals surface area contributed by atoms with Crippen molar-refractivity contribution in [2.75, 3.05) is 11.9 Å². The van der Waals surface area contributed by atoms with Crippen molar-refractivity contribution in [3.05, 3.63) is 103 Å². The highest BCUT2D eigenvalue weighted by molar-refractivity contribution is 9.10. The number of rotatable bonds is 7. The van der Waals surface area contributed by atoms with Gasteiger partial charge in [-0.15, -0.1) is 0 Å². The van der Waals surface area contributed by atoms with Gasteiger partial charge in [-0.2, -0.15) is 9.78 Å². The van der Waals surface area contributed by atoms with E-state index in [4.69, 9.17) is 4.74 Å². The minimum Gasteiger partial charge on any atom is -0.476 e. The van der Waals surface area contributed by atoms with Crippen molar-refractivity contribution in [2.45, 2.75) is 26.2 Å². The fourth-order valence-corrected chi connectivity index (χ4v) is 4.07. The fourth-order valence-electron chi connectivity index (χ4n) is 3.71. The molecule has 0 aliphatic rings. The van der Waals surface area contributed by atoms with Gasteiger partial charge in [0.25, 0.3) is 11.5 Å². The second-order valence-corrected chi connectivity index (χ2v) is 10.4. The van der Waals surface area contributed by atoms with Crippen LogP contribution < -0.4 is 15.6 Å².